The van der Waals surface area contributed by atoms with Crippen LogP contribution >= 0.6 is 11.3 Å². The summed E-state index contributed by atoms with van der Waals surface area (Å²) in [5.41, 5.74) is 1.58. The number of amides is 2. The number of carbonyl (C=O) groups excluding carboxylic acids is 2. The van der Waals surface area contributed by atoms with Gasteiger partial charge in [-0.2, -0.15) is 11.3 Å². The van der Waals surface area contributed by atoms with E-state index in [-0.39, 0.29) is 18.4 Å². The number of aryl methyl sites for hydroxylation is 1. The van der Waals surface area contributed by atoms with Gasteiger partial charge in [-0.15, -0.1) is 0 Å². The van der Waals surface area contributed by atoms with Gasteiger partial charge < -0.3 is 10.6 Å². The highest BCUT2D eigenvalue weighted by Crippen LogP contribution is 2.05. The van der Waals surface area contributed by atoms with E-state index in [0.717, 1.165) is 5.56 Å². The van der Waals surface area contributed by atoms with E-state index >= 15 is 0 Å². The zero-order chi connectivity index (χ0) is 13.7. The van der Waals surface area contributed by atoms with Crippen molar-refractivity contribution in [3.05, 3.63) is 46.3 Å². The van der Waals surface area contributed by atoms with Gasteiger partial charge >= 0.3 is 0 Å². The molecule has 0 aromatic carbocycles. The fourth-order valence-corrected chi connectivity index (χ4v) is 2.02. The molecule has 0 aliphatic rings. The summed E-state index contributed by atoms with van der Waals surface area (Å²) in [6.07, 6.45) is 1.67. The number of nitrogens with zero attached hydrogens (tertiary/aromatic N) is 1. The molecular formula is C13H13N3O2S. The second kappa shape index (κ2) is 6.10. The molecule has 2 rings (SSSR count). The summed E-state index contributed by atoms with van der Waals surface area (Å²) < 4.78 is 0. The predicted molar refractivity (Wildman–Crippen MR) is 74.3 cm³/mol. The minimum absolute atomic E-state index is 0.0791. The van der Waals surface area contributed by atoms with Crippen molar-refractivity contribution in [3.63, 3.8) is 0 Å². The topological polar surface area (TPSA) is 71.1 Å². The monoisotopic (exact) mass is 275 g/mol. The third-order valence-electron chi connectivity index (χ3n) is 2.37. The molecule has 6 heteroatoms. The zero-order valence-corrected chi connectivity index (χ0v) is 11.2. The number of thiophene rings is 1. The SMILES string of the molecule is Cc1ccc(NC(=O)CNC(=O)c2ccsc2)nc1. The van der Waals surface area contributed by atoms with Crippen LogP contribution in [-0.4, -0.2) is 23.3 Å². The van der Waals surface area contributed by atoms with E-state index in [1.165, 1.54) is 11.3 Å². The van der Waals surface area contributed by atoms with Gasteiger partial charge in [0.15, 0.2) is 0 Å². The van der Waals surface area contributed by atoms with E-state index < -0.39 is 0 Å². The van der Waals surface area contributed by atoms with Gasteiger partial charge in [0.25, 0.3) is 5.91 Å². The number of nitrogens with one attached hydrogen (secondary N) is 2. The second-order valence-electron chi connectivity index (χ2n) is 3.96. The number of carbonyl (C=O) groups is 2. The van der Waals surface area contributed by atoms with Gasteiger partial charge in [0, 0.05) is 17.1 Å². The highest BCUT2D eigenvalue weighted by Gasteiger charge is 2.08. The van der Waals surface area contributed by atoms with Crippen LogP contribution in [0.1, 0.15) is 15.9 Å². The molecule has 98 valence electrons. The Morgan fingerprint density at radius 3 is 2.79 bits per heavy atom. The highest BCUT2D eigenvalue weighted by atomic mass is 32.1. The first-order chi connectivity index (χ1) is 9.15. The van der Waals surface area contributed by atoms with Crippen molar-refractivity contribution in [2.75, 3.05) is 11.9 Å². The molecule has 0 unspecified atom stereocenters. The largest absolute Gasteiger partial charge is 0.343 e. The van der Waals surface area contributed by atoms with Crippen LogP contribution in [0.3, 0.4) is 0 Å². The summed E-state index contributed by atoms with van der Waals surface area (Å²) in [4.78, 5) is 27.3. The number of hydrogen-bond acceptors (Lipinski definition) is 4. The number of pyridine rings is 1. The maximum absolute atomic E-state index is 11.6. The van der Waals surface area contributed by atoms with Crippen LogP contribution in [0, 0.1) is 6.92 Å². The molecule has 2 aromatic rings. The summed E-state index contributed by atoms with van der Waals surface area (Å²) in [7, 11) is 0. The van der Waals surface area contributed by atoms with Gasteiger partial charge in [-0.1, -0.05) is 6.07 Å². The molecule has 0 saturated carbocycles. The van der Waals surface area contributed by atoms with Crippen molar-refractivity contribution in [3.8, 4) is 0 Å². The molecule has 2 aromatic heterocycles. The van der Waals surface area contributed by atoms with Crippen molar-refractivity contribution in [1.82, 2.24) is 10.3 Å². The van der Waals surface area contributed by atoms with E-state index in [1.54, 1.807) is 23.7 Å². The van der Waals surface area contributed by atoms with Gasteiger partial charge in [0.05, 0.1) is 6.54 Å². The van der Waals surface area contributed by atoms with Crippen LogP contribution in [0.2, 0.25) is 0 Å². The van der Waals surface area contributed by atoms with Gasteiger partial charge in [-0.3, -0.25) is 9.59 Å². The predicted octanol–water partition coefficient (Wildman–Crippen LogP) is 1.82. The Morgan fingerprint density at radius 1 is 1.32 bits per heavy atom. The summed E-state index contributed by atoms with van der Waals surface area (Å²) in [6.45, 7) is 1.84. The minimum atomic E-state index is -0.306. The molecule has 0 spiro atoms. The summed E-state index contributed by atoms with van der Waals surface area (Å²) in [6, 6.07) is 5.28. The number of rotatable bonds is 4. The molecule has 0 atom stereocenters. The van der Waals surface area contributed by atoms with Crippen LogP contribution in [0.15, 0.2) is 35.2 Å². The van der Waals surface area contributed by atoms with Crippen molar-refractivity contribution < 1.29 is 9.59 Å². The molecule has 0 radical (unpaired) electrons. The smallest absolute Gasteiger partial charge is 0.252 e. The molecule has 2 amide bonds. The van der Waals surface area contributed by atoms with Gasteiger partial charge in [-0.25, -0.2) is 4.98 Å². The van der Waals surface area contributed by atoms with Crippen molar-refractivity contribution in [1.29, 1.82) is 0 Å². The van der Waals surface area contributed by atoms with Gasteiger partial charge in [0.2, 0.25) is 5.91 Å². The Balaban J connectivity index is 1.82. The average molecular weight is 275 g/mol. The Bertz CT molecular complexity index is 564. The molecule has 19 heavy (non-hydrogen) atoms. The maximum Gasteiger partial charge on any atom is 0.252 e. The van der Waals surface area contributed by atoms with Crippen molar-refractivity contribution in [2.45, 2.75) is 6.92 Å². The molecule has 2 N–H and O–H groups in total. The standard InChI is InChI=1S/C13H13N3O2S/c1-9-2-3-11(14-6-9)16-12(17)7-15-13(18)10-4-5-19-8-10/h2-6,8H,7H2,1H3,(H,15,18)(H,14,16,17). The van der Waals surface area contributed by atoms with E-state index in [1.807, 2.05) is 18.4 Å². The third kappa shape index (κ3) is 3.89. The lowest BCUT2D eigenvalue weighted by molar-refractivity contribution is -0.115. The Hall–Kier alpha value is -2.21. The average Bonchev–Trinajstić information content (AvgIpc) is 2.93. The van der Waals surface area contributed by atoms with E-state index in [2.05, 4.69) is 15.6 Å². The summed E-state index contributed by atoms with van der Waals surface area (Å²) in [5, 5.41) is 8.69. The molecule has 0 fully saturated rings. The second-order valence-corrected chi connectivity index (χ2v) is 4.74. The lowest BCUT2D eigenvalue weighted by atomic mass is 10.3. The Kier molecular flexibility index (Phi) is 4.25. The minimum Gasteiger partial charge on any atom is -0.343 e. The highest BCUT2D eigenvalue weighted by molar-refractivity contribution is 7.08. The first-order valence-corrected chi connectivity index (χ1v) is 6.62. The van der Waals surface area contributed by atoms with E-state index in [4.69, 9.17) is 0 Å². The van der Waals surface area contributed by atoms with Crippen LogP contribution < -0.4 is 10.6 Å². The zero-order valence-electron chi connectivity index (χ0n) is 10.3. The molecular weight excluding hydrogens is 262 g/mol. The molecule has 2 heterocycles. The molecule has 5 nitrogen and oxygen atoms in total. The fourth-order valence-electron chi connectivity index (χ4n) is 1.39. The van der Waals surface area contributed by atoms with E-state index in [9.17, 15) is 9.59 Å². The fraction of sp³-hybridized carbons (Fsp3) is 0.154. The Morgan fingerprint density at radius 2 is 2.16 bits per heavy atom. The van der Waals surface area contributed by atoms with Crippen molar-refractivity contribution >= 4 is 29.0 Å². The van der Waals surface area contributed by atoms with Crippen LogP contribution in [0.25, 0.3) is 0 Å². The maximum atomic E-state index is 11.6. The number of aromatic nitrogens is 1. The van der Waals surface area contributed by atoms with Crippen LogP contribution in [-0.2, 0) is 4.79 Å². The quantitative estimate of drug-likeness (QED) is 0.894. The molecule has 0 aliphatic carbocycles. The van der Waals surface area contributed by atoms with Crippen LogP contribution in [0.5, 0.6) is 0 Å². The van der Waals surface area contributed by atoms with E-state index in [0.29, 0.717) is 11.4 Å². The molecule has 0 saturated heterocycles. The van der Waals surface area contributed by atoms with Crippen LogP contribution in [0.4, 0.5) is 5.82 Å². The molecule has 0 bridgehead atoms. The first kappa shape index (κ1) is 13.2. The normalized spacial score (nSPS) is 9.95. The van der Waals surface area contributed by atoms with Gasteiger partial charge in [-0.05, 0) is 30.0 Å². The molecule has 0 aliphatic heterocycles. The lowest BCUT2D eigenvalue weighted by Crippen LogP contribution is -2.32. The Labute approximate surface area is 114 Å². The van der Waals surface area contributed by atoms with Gasteiger partial charge in [0.1, 0.15) is 5.82 Å². The van der Waals surface area contributed by atoms with Crippen molar-refractivity contribution in [2.24, 2.45) is 0 Å². The summed E-state index contributed by atoms with van der Waals surface area (Å²) >= 11 is 1.43. The lowest BCUT2D eigenvalue weighted by Gasteiger charge is -2.05. The first-order valence-electron chi connectivity index (χ1n) is 5.68. The number of anilines is 1. The third-order valence-corrected chi connectivity index (χ3v) is 3.05. The number of hydrogen-bond donors (Lipinski definition) is 2. The summed E-state index contributed by atoms with van der Waals surface area (Å²) in [5.74, 6) is -0.0893.